The summed E-state index contributed by atoms with van der Waals surface area (Å²) in [4.78, 5) is 11.9. The zero-order valence-corrected chi connectivity index (χ0v) is 21.2. The summed E-state index contributed by atoms with van der Waals surface area (Å²) in [6.45, 7) is 12.7. The number of rotatable bonds is 12. The van der Waals surface area contributed by atoms with E-state index in [0.29, 0.717) is 6.54 Å². The molecule has 156 valence electrons. The van der Waals surface area contributed by atoms with E-state index < -0.39 is 30.1 Å². The molecule has 6 heteroatoms. The van der Waals surface area contributed by atoms with Gasteiger partial charge in [-0.2, -0.15) is 0 Å². The number of aromatic nitrogens is 1. The van der Waals surface area contributed by atoms with Crippen LogP contribution in [0.3, 0.4) is 0 Å². The molecule has 1 amide bonds. The average Bonchev–Trinajstić information content (AvgIpc) is 3.08. The standard InChI is InChI=1S/C9H13N2O3.3C4H9.Sn/c1-9(2,3)14-8(12)10-6-7-4-5-13-11-7;3*1-3-4-2;/h4H,6H2,1-3H3,(H,10,12);3*1,3-4H2,2H3;. The number of unbranched alkanes of at least 4 members (excludes halogenated alkanes) is 3. The first kappa shape index (κ1) is 24.3. The Hall–Kier alpha value is -0.721. The van der Waals surface area contributed by atoms with Crippen molar-refractivity contribution in [2.75, 3.05) is 0 Å². The molecule has 1 aromatic heterocycles. The number of hydrogen-bond donors (Lipinski definition) is 1. The Morgan fingerprint density at radius 1 is 1.07 bits per heavy atom. The molecule has 1 aromatic rings. The molecule has 0 aromatic carbocycles. The Balaban J connectivity index is 2.88. The Labute approximate surface area is 169 Å². The van der Waals surface area contributed by atoms with Crippen molar-refractivity contribution in [1.82, 2.24) is 10.5 Å². The molecule has 0 bridgehead atoms. The molecule has 0 aliphatic rings. The summed E-state index contributed by atoms with van der Waals surface area (Å²) in [5.41, 5.74) is 0.312. The van der Waals surface area contributed by atoms with Crippen LogP contribution in [0.1, 0.15) is 85.8 Å². The zero-order chi connectivity index (χ0) is 20.3. The SMILES string of the molecule is CCC[CH2][Sn]([CH2]CCC)([CH2]CCC)[c]1cc(CNC(=O)OC(C)(C)C)no1. The summed E-state index contributed by atoms with van der Waals surface area (Å²) >= 11 is -2.58. The number of amides is 1. The van der Waals surface area contributed by atoms with Crippen LogP contribution in [-0.4, -0.2) is 35.2 Å². The number of carbonyl (C=O) groups is 1. The van der Waals surface area contributed by atoms with Gasteiger partial charge < -0.3 is 0 Å². The van der Waals surface area contributed by atoms with Gasteiger partial charge in [0.25, 0.3) is 0 Å². The number of ether oxygens (including phenoxy) is 1. The van der Waals surface area contributed by atoms with Crippen molar-refractivity contribution in [3.05, 3.63) is 11.8 Å². The molecule has 0 radical (unpaired) electrons. The molecule has 0 atom stereocenters. The van der Waals surface area contributed by atoms with E-state index in [9.17, 15) is 4.79 Å². The van der Waals surface area contributed by atoms with Crippen LogP contribution in [0.15, 0.2) is 10.6 Å². The summed E-state index contributed by atoms with van der Waals surface area (Å²) in [7, 11) is 0. The maximum atomic E-state index is 11.9. The number of hydrogen-bond acceptors (Lipinski definition) is 4. The van der Waals surface area contributed by atoms with Gasteiger partial charge in [-0.15, -0.1) is 0 Å². The third-order valence-corrected chi connectivity index (χ3v) is 19.8. The van der Waals surface area contributed by atoms with Crippen LogP contribution >= 0.6 is 0 Å². The van der Waals surface area contributed by atoms with Crippen LogP contribution < -0.4 is 9.09 Å². The van der Waals surface area contributed by atoms with E-state index in [1.54, 1.807) is 0 Å². The maximum absolute atomic E-state index is 11.9. The number of nitrogens with one attached hydrogen (secondary N) is 1. The van der Waals surface area contributed by atoms with E-state index in [-0.39, 0.29) is 0 Å². The summed E-state index contributed by atoms with van der Waals surface area (Å²) in [5.74, 6) is 0. The van der Waals surface area contributed by atoms with E-state index in [1.165, 1.54) is 55.6 Å². The number of alkyl carbamates (subject to hydrolysis) is 1. The first-order valence-electron chi connectivity index (χ1n) is 10.7. The summed E-state index contributed by atoms with van der Waals surface area (Å²) < 4.78 is 16.4. The fraction of sp³-hybridized carbons (Fsp3) is 0.810. The van der Waals surface area contributed by atoms with Crippen molar-refractivity contribution in [2.45, 2.75) is 106 Å². The monoisotopic (exact) mass is 488 g/mol. The van der Waals surface area contributed by atoms with Gasteiger partial charge in [0.15, 0.2) is 0 Å². The van der Waals surface area contributed by atoms with Gasteiger partial charge in [-0.05, 0) is 0 Å². The van der Waals surface area contributed by atoms with E-state index in [0.717, 1.165) is 5.69 Å². The second kappa shape index (κ2) is 12.0. The minimum atomic E-state index is -2.58. The van der Waals surface area contributed by atoms with Gasteiger partial charge in [-0.25, -0.2) is 0 Å². The molecular weight excluding hydrogens is 447 g/mol. The van der Waals surface area contributed by atoms with Crippen molar-refractivity contribution in [3.8, 4) is 0 Å². The van der Waals surface area contributed by atoms with Gasteiger partial charge >= 0.3 is 170 Å². The Morgan fingerprint density at radius 2 is 1.59 bits per heavy atom. The Bertz CT molecular complexity index is 530. The van der Waals surface area contributed by atoms with Crippen LogP contribution in [0.2, 0.25) is 13.3 Å². The molecule has 0 aliphatic heterocycles. The van der Waals surface area contributed by atoms with Gasteiger partial charge in [0.05, 0.1) is 0 Å². The van der Waals surface area contributed by atoms with Crippen LogP contribution in [0.25, 0.3) is 0 Å². The molecule has 5 nitrogen and oxygen atoms in total. The first-order chi connectivity index (χ1) is 12.8. The van der Waals surface area contributed by atoms with Gasteiger partial charge in [0, 0.05) is 0 Å². The average molecular weight is 487 g/mol. The molecule has 0 spiro atoms. The minimum absolute atomic E-state index is 0.357. The fourth-order valence-corrected chi connectivity index (χ4v) is 18.5. The Kier molecular flexibility index (Phi) is 10.8. The first-order valence-corrected chi connectivity index (χ1v) is 18.2. The molecule has 0 fully saturated rings. The third kappa shape index (κ3) is 8.88. The second-order valence-electron chi connectivity index (χ2n) is 8.63. The van der Waals surface area contributed by atoms with Crippen LogP contribution in [0.5, 0.6) is 0 Å². The van der Waals surface area contributed by atoms with Crippen LogP contribution in [0, 0.1) is 0 Å². The van der Waals surface area contributed by atoms with Crippen LogP contribution in [-0.2, 0) is 11.3 Å². The second-order valence-corrected chi connectivity index (χ2v) is 21.6. The fourth-order valence-electron chi connectivity index (χ4n) is 3.41. The topological polar surface area (TPSA) is 64.4 Å². The van der Waals surface area contributed by atoms with E-state index in [2.05, 4.69) is 37.3 Å². The zero-order valence-electron chi connectivity index (χ0n) is 18.3. The molecule has 1 N–H and O–H groups in total. The third-order valence-electron chi connectivity index (χ3n) is 4.92. The quantitative estimate of drug-likeness (QED) is 0.381. The van der Waals surface area contributed by atoms with Gasteiger partial charge in [-0.1, -0.05) is 0 Å². The van der Waals surface area contributed by atoms with E-state index >= 15 is 0 Å². The molecule has 0 aliphatic carbocycles. The molecule has 0 saturated heterocycles. The predicted molar refractivity (Wildman–Crippen MR) is 114 cm³/mol. The molecule has 1 heterocycles. The van der Waals surface area contributed by atoms with Crippen molar-refractivity contribution in [2.24, 2.45) is 0 Å². The number of carbonyl (C=O) groups excluding carboxylic acids is 1. The van der Waals surface area contributed by atoms with Gasteiger partial charge in [0.1, 0.15) is 0 Å². The summed E-state index contributed by atoms with van der Waals surface area (Å²) in [5, 5.41) is 7.07. The number of nitrogens with zero attached hydrogens (tertiary/aromatic N) is 1. The summed E-state index contributed by atoms with van der Waals surface area (Å²) in [6.07, 6.45) is 7.15. The predicted octanol–water partition coefficient (Wildman–Crippen LogP) is 5.76. The summed E-state index contributed by atoms with van der Waals surface area (Å²) in [6, 6.07) is 2.13. The van der Waals surface area contributed by atoms with E-state index in [1.807, 2.05) is 20.8 Å². The molecular formula is C21H40N2O3Sn. The molecule has 0 saturated carbocycles. The van der Waals surface area contributed by atoms with E-state index in [4.69, 9.17) is 9.26 Å². The van der Waals surface area contributed by atoms with Crippen LogP contribution in [0.4, 0.5) is 4.79 Å². The van der Waals surface area contributed by atoms with Crippen molar-refractivity contribution >= 4 is 28.2 Å². The van der Waals surface area contributed by atoms with Crippen molar-refractivity contribution < 1.29 is 14.1 Å². The van der Waals surface area contributed by atoms with Crippen molar-refractivity contribution in [1.29, 1.82) is 0 Å². The molecule has 1 rings (SSSR count). The van der Waals surface area contributed by atoms with Gasteiger partial charge in [-0.3, -0.25) is 0 Å². The van der Waals surface area contributed by atoms with Crippen molar-refractivity contribution in [3.63, 3.8) is 0 Å². The Morgan fingerprint density at radius 3 is 2.04 bits per heavy atom. The van der Waals surface area contributed by atoms with Gasteiger partial charge in [0.2, 0.25) is 0 Å². The molecule has 0 unspecified atom stereocenters. The normalized spacial score (nSPS) is 12.2. The molecule has 27 heavy (non-hydrogen) atoms.